The van der Waals surface area contributed by atoms with Gasteiger partial charge in [-0.3, -0.25) is 0 Å². The molecule has 0 bridgehead atoms. The summed E-state index contributed by atoms with van der Waals surface area (Å²) in [6.45, 7) is 0.837. The first-order chi connectivity index (χ1) is 7.70. The van der Waals surface area contributed by atoms with E-state index in [4.69, 9.17) is 11.6 Å². The second-order valence-corrected chi connectivity index (χ2v) is 5.00. The molecule has 1 nitrogen and oxygen atoms in total. The second kappa shape index (κ2) is 4.95. The normalized spacial score (nSPS) is 10.7. The van der Waals surface area contributed by atoms with Crippen molar-refractivity contribution in [2.75, 3.05) is 7.05 Å². The maximum Gasteiger partial charge on any atom is 0.124 e. The lowest BCUT2D eigenvalue weighted by Crippen LogP contribution is -2.02. The van der Waals surface area contributed by atoms with E-state index in [0.29, 0.717) is 5.02 Å². The number of rotatable bonds is 3. The molecule has 16 heavy (non-hydrogen) atoms. The van der Waals surface area contributed by atoms with Crippen LogP contribution in [0.1, 0.15) is 4.88 Å². The Morgan fingerprint density at radius 2 is 2.12 bits per heavy atom. The zero-order chi connectivity index (χ0) is 11.5. The molecule has 0 aliphatic heterocycles. The smallest absolute Gasteiger partial charge is 0.124 e. The number of hydrogen-bond acceptors (Lipinski definition) is 2. The molecular weight excluding hydrogens is 245 g/mol. The van der Waals surface area contributed by atoms with Gasteiger partial charge in [0.25, 0.3) is 0 Å². The van der Waals surface area contributed by atoms with Gasteiger partial charge in [0.2, 0.25) is 0 Å². The van der Waals surface area contributed by atoms with Crippen LogP contribution in [0, 0.1) is 5.82 Å². The van der Waals surface area contributed by atoms with Crippen LogP contribution in [0.15, 0.2) is 30.3 Å². The molecule has 1 heterocycles. The third-order valence-electron chi connectivity index (χ3n) is 2.21. The molecule has 0 aliphatic rings. The summed E-state index contributed by atoms with van der Waals surface area (Å²) in [5, 5.41) is 3.55. The van der Waals surface area contributed by atoms with Crippen molar-refractivity contribution in [2.24, 2.45) is 0 Å². The molecule has 1 aromatic heterocycles. The summed E-state index contributed by atoms with van der Waals surface area (Å²) in [6.07, 6.45) is 0. The van der Waals surface area contributed by atoms with E-state index in [1.807, 2.05) is 13.1 Å². The molecule has 2 rings (SSSR count). The lowest BCUT2D eigenvalue weighted by molar-refractivity contribution is 0.628. The first-order valence-electron chi connectivity index (χ1n) is 4.89. The van der Waals surface area contributed by atoms with Crippen molar-refractivity contribution in [3.63, 3.8) is 0 Å². The van der Waals surface area contributed by atoms with Gasteiger partial charge in [-0.2, -0.15) is 0 Å². The first kappa shape index (κ1) is 11.6. The maximum absolute atomic E-state index is 12.9. The van der Waals surface area contributed by atoms with Crippen molar-refractivity contribution >= 4 is 22.9 Å². The number of nitrogens with one attached hydrogen (secondary N) is 1. The highest BCUT2D eigenvalue weighted by Crippen LogP contribution is 2.33. The standard InChI is InChI=1S/C12H11ClFNS/c1-15-7-9-3-5-12(16-9)10-4-2-8(14)6-11(10)13/h2-6,15H,7H2,1H3. The zero-order valence-electron chi connectivity index (χ0n) is 8.76. The Kier molecular flexibility index (Phi) is 3.59. The van der Waals surface area contributed by atoms with Crippen molar-refractivity contribution in [3.05, 3.63) is 46.0 Å². The van der Waals surface area contributed by atoms with Crippen molar-refractivity contribution < 1.29 is 4.39 Å². The minimum atomic E-state index is -0.305. The van der Waals surface area contributed by atoms with Crippen LogP contribution in [0.5, 0.6) is 0 Å². The molecule has 0 fully saturated rings. The first-order valence-corrected chi connectivity index (χ1v) is 6.09. The Morgan fingerprint density at radius 1 is 1.31 bits per heavy atom. The Labute approximate surface area is 103 Å². The van der Waals surface area contributed by atoms with Gasteiger partial charge in [0.1, 0.15) is 5.82 Å². The predicted octanol–water partition coefficient (Wildman–Crippen LogP) is 3.93. The number of benzene rings is 1. The van der Waals surface area contributed by atoms with Gasteiger partial charge in [-0.25, -0.2) is 4.39 Å². The van der Waals surface area contributed by atoms with Crippen LogP contribution in [-0.4, -0.2) is 7.05 Å². The highest BCUT2D eigenvalue weighted by Gasteiger charge is 2.07. The molecule has 0 spiro atoms. The predicted molar refractivity (Wildman–Crippen MR) is 67.5 cm³/mol. The van der Waals surface area contributed by atoms with Crippen LogP contribution in [-0.2, 0) is 6.54 Å². The Bertz CT molecular complexity index is 496. The topological polar surface area (TPSA) is 12.0 Å². The Morgan fingerprint density at radius 3 is 2.81 bits per heavy atom. The molecule has 2 aromatic rings. The summed E-state index contributed by atoms with van der Waals surface area (Å²) in [5.41, 5.74) is 0.885. The zero-order valence-corrected chi connectivity index (χ0v) is 10.3. The Balaban J connectivity index is 2.35. The number of hydrogen-bond donors (Lipinski definition) is 1. The molecule has 0 atom stereocenters. The van der Waals surface area contributed by atoms with E-state index in [0.717, 1.165) is 17.0 Å². The van der Waals surface area contributed by atoms with E-state index >= 15 is 0 Å². The van der Waals surface area contributed by atoms with Crippen molar-refractivity contribution in [1.29, 1.82) is 0 Å². The molecule has 1 N–H and O–H groups in total. The summed E-state index contributed by atoms with van der Waals surface area (Å²) in [7, 11) is 1.91. The van der Waals surface area contributed by atoms with Gasteiger partial charge in [0.05, 0.1) is 5.02 Å². The third-order valence-corrected chi connectivity index (χ3v) is 3.64. The van der Waals surface area contributed by atoms with Crippen molar-refractivity contribution in [1.82, 2.24) is 5.32 Å². The summed E-state index contributed by atoms with van der Waals surface area (Å²) in [4.78, 5) is 2.30. The molecular formula is C12H11ClFNS. The molecule has 0 saturated heterocycles. The van der Waals surface area contributed by atoms with Gasteiger partial charge in [-0.1, -0.05) is 11.6 Å². The van der Waals surface area contributed by atoms with E-state index < -0.39 is 0 Å². The molecule has 0 amide bonds. The summed E-state index contributed by atoms with van der Waals surface area (Å²) in [5.74, 6) is -0.305. The maximum atomic E-state index is 12.9. The molecule has 4 heteroatoms. The minimum absolute atomic E-state index is 0.305. The fourth-order valence-electron chi connectivity index (χ4n) is 1.48. The van der Waals surface area contributed by atoms with Gasteiger partial charge >= 0.3 is 0 Å². The fourth-order valence-corrected chi connectivity index (χ4v) is 2.87. The van der Waals surface area contributed by atoms with E-state index in [2.05, 4.69) is 11.4 Å². The molecule has 1 aromatic carbocycles. The molecule has 0 radical (unpaired) electrons. The molecule has 0 unspecified atom stereocenters. The summed E-state index contributed by atoms with van der Waals surface area (Å²) in [6, 6.07) is 8.55. The lowest BCUT2D eigenvalue weighted by atomic mass is 10.2. The lowest BCUT2D eigenvalue weighted by Gasteiger charge is -2.00. The van der Waals surface area contributed by atoms with Crippen LogP contribution >= 0.6 is 22.9 Å². The van der Waals surface area contributed by atoms with Crippen LogP contribution in [0.2, 0.25) is 5.02 Å². The number of thiophene rings is 1. The minimum Gasteiger partial charge on any atom is -0.315 e. The molecule has 84 valence electrons. The van der Waals surface area contributed by atoms with Gasteiger partial charge in [-0.05, 0) is 37.4 Å². The number of halogens is 2. The van der Waals surface area contributed by atoms with Gasteiger partial charge in [0.15, 0.2) is 0 Å². The van der Waals surface area contributed by atoms with Gasteiger partial charge in [0, 0.05) is 21.9 Å². The van der Waals surface area contributed by atoms with E-state index in [1.165, 1.54) is 17.0 Å². The van der Waals surface area contributed by atoms with Crippen LogP contribution < -0.4 is 5.32 Å². The fraction of sp³-hybridized carbons (Fsp3) is 0.167. The van der Waals surface area contributed by atoms with Crippen molar-refractivity contribution in [2.45, 2.75) is 6.54 Å². The largest absolute Gasteiger partial charge is 0.315 e. The monoisotopic (exact) mass is 255 g/mol. The van der Waals surface area contributed by atoms with E-state index in [1.54, 1.807) is 17.4 Å². The molecule has 0 saturated carbocycles. The van der Waals surface area contributed by atoms with Crippen LogP contribution in [0.3, 0.4) is 0 Å². The van der Waals surface area contributed by atoms with Crippen LogP contribution in [0.4, 0.5) is 4.39 Å². The average Bonchev–Trinajstić information content (AvgIpc) is 2.67. The average molecular weight is 256 g/mol. The second-order valence-electron chi connectivity index (χ2n) is 3.42. The van der Waals surface area contributed by atoms with Crippen molar-refractivity contribution in [3.8, 4) is 10.4 Å². The van der Waals surface area contributed by atoms with E-state index in [9.17, 15) is 4.39 Å². The Hall–Kier alpha value is -0.900. The summed E-state index contributed by atoms with van der Waals surface area (Å²) < 4.78 is 12.9. The highest BCUT2D eigenvalue weighted by atomic mass is 35.5. The van der Waals surface area contributed by atoms with Gasteiger partial charge < -0.3 is 5.32 Å². The van der Waals surface area contributed by atoms with Crippen LogP contribution in [0.25, 0.3) is 10.4 Å². The summed E-state index contributed by atoms with van der Waals surface area (Å²) >= 11 is 7.66. The quantitative estimate of drug-likeness (QED) is 0.876. The van der Waals surface area contributed by atoms with Gasteiger partial charge in [-0.15, -0.1) is 11.3 Å². The molecule has 0 aliphatic carbocycles. The highest BCUT2D eigenvalue weighted by molar-refractivity contribution is 7.15. The third kappa shape index (κ3) is 2.43. The van der Waals surface area contributed by atoms with E-state index in [-0.39, 0.29) is 5.82 Å². The SMILES string of the molecule is CNCc1ccc(-c2ccc(F)cc2Cl)s1.